The van der Waals surface area contributed by atoms with Crippen LogP contribution < -0.4 is 5.32 Å². The van der Waals surface area contributed by atoms with Gasteiger partial charge in [0.2, 0.25) is 0 Å². The Morgan fingerprint density at radius 1 is 1.26 bits per heavy atom. The van der Waals surface area contributed by atoms with Crippen LogP contribution in [0.3, 0.4) is 0 Å². The van der Waals surface area contributed by atoms with Gasteiger partial charge in [-0.05, 0) is 17.9 Å². The second kappa shape index (κ2) is 6.71. The Labute approximate surface area is 116 Å². The van der Waals surface area contributed by atoms with Crippen LogP contribution in [0.4, 0.5) is 0 Å². The molecule has 3 heteroatoms. The molecule has 0 heterocycles. The van der Waals surface area contributed by atoms with E-state index < -0.39 is 0 Å². The molecule has 0 fully saturated rings. The summed E-state index contributed by atoms with van der Waals surface area (Å²) >= 11 is 0. The average Bonchev–Trinajstić information content (AvgIpc) is 2.37. The summed E-state index contributed by atoms with van der Waals surface area (Å²) in [5, 5.41) is 3.54. The van der Waals surface area contributed by atoms with Gasteiger partial charge in [-0.15, -0.1) is 0 Å². The lowest BCUT2D eigenvalue weighted by Crippen LogP contribution is -2.43. The molecule has 3 nitrogen and oxygen atoms in total. The van der Waals surface area contributed by atoms with Crippen molar-refractivity contribution >= 4 is 5.97 Å². The van der Waals surface area contributed by atoms with Gasteiger partial charge in [0.25, 0.3) is 0 Å². The van der Waals surface area contributed by atoms with Crippen molar-refractivity contribution in [2.24, 2.45) is 5.41 Å². The molecule has 0 spiro atoms. The molecular weight excluding hydrogens is 238 g/mol. The van der Waals surface area contributed by atoms with Crippen LogP contribution in [0.2, 0.25) is 0 Å². The number of ether oxygens (including phenoxy) is 1. The molecule has 106 valence electrons. The molecule has 1 aromatic carbocycles. The van der Waals surface area contributed by atoms with Crippen molar-refractivity contribution in [3.8, 4) is 0 Å². The van der Waals surface area contributed by atoms with E-state index in [-0.39, 0.29) is 23.5 Å². The van der Waals surface area contributed by atoms with Crippen molar-refractivity contribution < 1.29 is 9.53 Å². The summed E-state index contributed by atoms with van der Waals surface area (Å²) < 4.78 is 4.78. The first-order chi connectivity index (χ1) is 8.84. The third-order valence-corrected chi connectivity index (χ3v) is 3.39. The van der Waals surface area contributed by atoms with E-state index in [1.807, 2.05) is 18.2 Å². The van der Waals surface area contributed by atoms with Gasteiger partial charge in [0.05, 0.1) is 13.5 Å². The van der Waals surface area contributed by atoms with Crippen LogP contribution in [0.15, 0.2) is 30.3 Å². The van der Waals surface area contributed by atoms with E-state index in [4.69, 9.17) is 4.74 Å². The van der Waals surface area contributed by atoms with E-state index >= 15 is 0 Å². The maximum atomic E-state index is 11.5. The summed E-state index contributed by atoms with van der Waals surface area (Å²) in [6, 6.07) is 10.5. The molecular formula is C16H25NO2. The van der Waals surface area contributed by atoms with Gasteiger partial charge >= 0.3 is 5.97 Å². The number of carbonyl (C=O) groups excluding carboxylic acids is 1. The normalized spacial score (nSPS) is 14.8. The molecule has 0 aliphatic rings. The van der Waals surface area contributed by atoms with Crippen molar-refractivity contribution in [1.29, 1.82) is 0 Å². The van der Waals surface area contributed by atoms with Gasteiger partial charge in [0.15, 0.2) is 0 Å². The zero-order chi connectivity index (χ0) is 14.5. The lowest BCUT2D eigenvalue weighted by atomic mass is 9.84. The second-order valence-corrected chi connectivity index (χ2v) is 6.00. The molecule has 0 saturated carbocycles. The highest BCUT2D eigenvalue weighted by atomic mass is 16.5. The van der Waals surface area contributed by atoms with Crippen LogP contribution in [0.5, 0.6) is 0 Å². The van der Waals surface area contributed by atoms with Gasteiger partial charge in [0, 0.05) is 12.1 Å². The van der Waals surface area contributed by atoms with Gasteiger partial charge in [-0.2, -0.15) is 0 Å². The standard InChI is InChI=1S/C16H25NO2/c1-12(13-9-7-6-8-10-13)17-14(16(2,3)4)11-15(18)19-5/h6-10,12,14,17H,11H2,1-5H3. The molecule has 19 heavy (non-hydrogen) atoms. The van der Waals surface area contributed by atoms with Crippen molar-refractivity contribution in [3.05, 3.63) is 35.9 Å². The molecule has 1 aromatic rings. The number of methoxy groups -OCH3 is 1. The minimum atomic E-state index is -0.173. The minimum Gasteiger partial charge on any atom is -0.469 e. The summed E-state index contributed by atoms with van der Waals surface area (Å²) in [5.74, 6) is -0.173. The van der Waals surface area contributed by atoms with E-state index in [0.717, 1.165) is 0 Å². The first kappa shape index (κ1) is 15.7. The molecule has 0 aliphatic carbocycles. The van der Waals surface area contributed by atoms with Crippen molar-refractivity contribution in [2.75, 3.05) is 7.11 Å². The van der Waals surface area contributed by atoms with Crippen molar-refractivity contribution in [3.63, 3.8) is 0 Å². The monoisotopic (exact) mass is 263 g/mol. The molecule has 2 unspecified atom stereocenters. The summed E-state index contributed by atoms with van der Waals surface area (Å²) in [4.78, 5) is 11.5. The SMILES string of the molecule is COC(=O)CC(NC(C)c1ccccc1)C(C)(C)C. The number of benzene rings is 1. The Bertz CT molecular complexity index is 395. The number of nitrogens with one attached hydrogen (secondary N) is 1. The highest BCUT2D eigenvalue weighted by Gasteiger charge is 2.28. The van der Waals surface area contributed by atoms with Gasteiger partial charge in [-0.25, -0.2) is 0 Å². The molecule has 0 radical (unpaired) electrons. The van der Waals surface area contributed by atoms with Gasteiger partial charge < -0.3 is 10.1 Å². The maximum Gasteiger partial charge on any atom is 0.307 e. The van der Waals surface area contributed by atoms with Gasteiger partial charge in [-0.3, -0.25) is 4.79 Å². The maximum absolute atomic E-state index is 11.5. The van der Waals surface area contributed by atoms with Crippen LogP contribution in [0.25, 0.3) is 0 Å². The number of esters is 1. The first-order valence-electron chi connectivity index (χ1n) is 6.72. The summed E-state index contributed by atoms with van der Waals surface area (Å²) in [6.45, 7) is 8.51. The van der Waals surface area contributed by atoms with Crippen LogP contribution in [-0.4, -0.2) is 19.1 Å². The highest BCUT2D eigenvalue weighted by molar-refractivity contribution is 5.70. The Morgan fingerprint density at radius 2 is 1.84 bits per heavy atom. The van der Waals surface area contributed by atoms with Gasteiger partial charge in [-0.1, -0.05) is 51.1 Å². The fraction of sp³-hybridized carbons (Fsp3) is 0.562. The first-order valence-corrected chi connectivity index (χ1v) is 6.72. The van der Waals surface area contributed by atoms with Crippen LogP contribution in [0, 0.1) is 5.41 Å². The van der Waals surface area contributed by atoms with E-state index in [0.29, 0.717) is 6.42 Å². The second-order valence-electron chi connectivity index (χ2n) is 6.00. The van der Waals surface area contributed by atoms with E-state index in [2.05, 4.69) is 45.1 Å². The lowest BCUT2D eigenvalue weighted by Gasteiger charge is -2.33. The molecule has 0 aromatic heterocycles. The Hall–Kier alpha value is -1.35. The average molecular weight is 263 g/mol. The largest absolute Gasteiger partial charge is 0.469 e. The fourth-order valence-corrected chi connectivity index (χ4v) is 2.00. The lowest BCUT2D eigenvalue weighted by molar-refractivity contribution is -0.142. The van der Waals surface area contributed by atoms with E-state index in [1.165, 1.54) is 12.7 Å². The summed E-state index contributed by atoms with van der Waals surface area (Å²) in [5.41, 5.74) is 1.22. The number of carbonyl (C=O) groups is 1. The smallest absolute Gasteiger partial charge is 0.307 e. The third-order valence-electron chi connectivity index (χ3n) is 3.39. The molecule has 2 atom stereocenters. The quantitative estimate of drug-likeness (QED) is 0.828. The molecule has 0 aliphatic heterocycles. The molecule has 0 bridgehead atoms. The predicted octanol–water partition coefficient (Wildman–Crippen LogP) is 3.32. The number of hydrogen-bond acceptors (Lipinski definition) is 3. The number of rotatable bonds is 5. The summed E-state index contributed by atoms with van der Waals surface area (Å²) in [7, 11) is 1.43. The summed E-state index contributed by atoms with van der Waals surface area (Å²) in [6.07, 6.45) is 0.386. The van der Waals surface area contributed by atoms with Crippen LogP contribution >= 0.6 is 0 Å². The van der Waals surface area contributed by atoms with Crippen LogP contribution in [0.1, 0.15) is 45.7 Å². The fourth-order valence-electron chi connectivity index (χ4n) is 2.00. The Morgan fingerprint density at radius 3 is 2.32 bits per heavy atom. The zero-order valence-corrected chi connectivity index (χ0v) is 12.6. The Balaban J connectivity index is 2.75. The zero-order valence-electron chi connectivity index (χ0n) is 12.6. The van der Waals surface area contributed by atoms with E-state index in [1.54, 1.807) is 0 Å². The molecule has 1 rings (SSSR count). The van der Waals surface area contributed by atoms with Crippen molar-refractivity contribution in [1.82, 2.24) is 5.32 Å². The topological polar surface area (TPSA) is 38.3 Å². The third kappa shape index (κ3) is 5.03. The number of hydrogen-bond donors (Lipinski definition) is 1. The van der Waals surface area contributed by atoms with E-state index in [9.17, 15) is 4.79 Å². The molecule has 0 amide bonds. The van der Waals surface area contributed by atoms with Crippen LogP contribution in [-0.2, 0) is 9.53 Å². The minimum absolute atomic E-state index is 0.00275. The Kier molecular flexibility index (Phi) is 5.55. The molecule has 1 N–H and O–H groups in total. The van der Waals surface area contributed by atoms with Crippen molar-refractivity contribution in [2.45, 2.75) is 46.2 Å². The van der Waals surface area contributed by atoms with Gasteiger partial charge in [0.1, 0.15) is 0 Å². The molecule has 0 saturated heterocycles. The highest BCUT2D eigenvalue weighted by Crippen LogP contribution is 2.25. The predicted molar refractivity (Wildman–Crippen MR) is 77.9 cm³/mol.